The van der Waals surface area contributed by atoms with Gasteiger partial charge >= 0.3 is 0 Å². The predicted molar refractivity (Wildman–Crippen MR) is 124 cm³/mol. The van der Waals surface area contributed by atoms with Gasteiger partial charge in [0.05, 0.1) is 18.3 Å². The Morgan fingerprint density at radius 2 is 1.88 bits per heavy atom. The predicted octanol–water partition coefficient (Wildman–Crippen LogP) is 4.02. The molecule has 1 atom stereocenters. The van der Waals surface area contributed by atoms with E-state index in [4.69, 9.17) is 0 Å². The van der Waals surface area contributed by atoms with Crippen molar-refractivity contribution in [3.05, 3.63) is 89.5 Å². The van der Waals surface area contributed by atoms with Gasteiger partial charge in [-0.05, 0) is 36.8 Å². The summed E-state index contributed by atoms with van der Waals surface area (Å²) in [7, 11) is 0. The number of halogens is 1. The molecular formula is C26H29FN4O2. The monoisotopic (exact) mass is 448 g/mol. The zero-order chi connectivity index (χ0) is 23.0. The Kier molecular flexibility index (Phi) is 7.50. The number of hydrogen-bond donors (Lipinski definition) is 1. The van der Waals surface area contributed by atoms with E-state index < -0.39 is 0 Å². The van der Waals surface area contributed by atoms with E-state index >= 15 is 0 Å². The minimum absolute atomic E-state index is 0.0111. The smallest absolute Gasteiger partial charge is 0.257 e. The molecule has 3 aromatic rings. The summed E-state index contributed by atoms with van der Waals surface area (Å²) in [6, 6.07) is 16.5. The molecule has 0 spiro atoms. The SMILES string of the molecule is O=C(CC[C@H]1CCCN(C(=O)c2cnn(Cc3ccccc3)c2)C1)NCc1ccccc1F. The van der Waals surface area contributed by atoms with Gasteiger partial charge in [-0.1, -0.05) is 48.5 Å². The fraction of sp³-hybridized carbons (Fsp3) is 0.346. The van der Waals surface area contributed by atoms with Crippen LogP contribution in [0.15, 0.2) is 67.0 Å². The van der Waals surface area contributed by atoms with Gasteiger partial charge in [0.25, 0.3) is 5.91 Å². The molecule has 1 saturated heterocycles. The number of nitrogens with one attached hydrogen (secondary N) is 1. The van der Waals surface area contributed by atoms with Crippen molar-refractivity contribution in [2.45, 2.75) is 38.8 Å². The number of benzene rings is 2. The molecule has 1 N–H and O–H groups in total. The Balaban J connectivity index is 1.24. The maximum absolute atomic E-state index is 13.7. The summed E-state index contributed by atoms with van der Waals surface area (Å²) >= 11 is 0. The Hall–Kier alpha value is -3.48. The summed E-state index contributed by atoms with van der Waals surface area (Å²) < 4.78 is 15.5. The highest BCUT2D eigenvalue weighted by Gasteiger charge is 2.25. The number of nitrogens with zero attached hydrogens (tertiary/aromatic N) is 3. The molecule has 2 aromatic carbocycles. The number of hydrogen-bond acceptors (Lipinski definition) is 3. The third-order valence-corrected chi connectivity index (χ3v) is 6.09. The summed E-state index contributed by atoms with van der Waals surface area (Å²) in [6.45, 7) is 2.18. The average Bonchev–Trinajstić information content (AvgIpc) is 3.31. The standard InChI is InChI=1S/C26H29FN4O2/c27-24-11-5-4-10-22(24)15-28-25(32)13-12-21-9-6-14-30(17-21)26(33)23-16-29-31(19-23)18-20-7-2-1-3-8-20/h1-5,7-8,10-11,16,19,21H,6,9,12-15,17-18H2,(H,28,32)/t21-/m1/s1. The third-order valence-electron chi connectivity index (χ3n) is 6.09. The normalized spacial score (nSPS) is 15.9. The van der Waals surface area contributed by atoms with Crippen molar-refractivity contribution in [2.75, 3.05) is 13.1 Å². The van der Waals surface area contributed by atoms with Gasteiger partial charge in [-0.15, -0.1) is 0 Å². The van der Waals surface area contributed by atoms with Gasteiger partial charge in [0.2, 0.25) is 5.91 Å². The van der Waals surface area contributed by atoms with Crippen molar-refractivity contribution in [1.82, 2.24) is 20.0 Å². The first kappa shape index (κ1) is 22.7. The van der Waals surface area contributed by atoms with E-state index in [2.05, 4.69) is 10.4 Å². The molecule has 1 aliphatic heterocycles. The van der Waals surface area contributed by atoms with E-state index in [9.17, 15) is 14.0 Å². The first-order valence-corrected chi connectivity index (χ1v) is 11.4. The molecule has 2 amide bonds. The van der Waals surface area contributed by atoms with Gasteiger partial charge in [0, 0.05) is 37.8 Å². The number of piperidine rings is 1. The van der Waals surface area contributed by atoms with Gasteiger partial charge in [-0.25, -0.2) is 4.39 Å². The van der Waals surface area contributed by atoms with Crippen LogP contribution < -0.4 is 5.32 Å². The van der Waals surface area contributed by atoms with Crippen molar-refractivity contribution in [2.24, 2.45) is 5.92 Å². The molecule has 172 valence electrons. The molecular weight excluding hydrogens is 419 g/mol. The van der Waals surface area contributed by atoms with Crippen molar-refractivity contribution in [1.29, 1.82) is 0 Å². The Morgan fingerprint density at radius 3 is 2.70 bits per heavy atom. The topological polar surface area (TPSA) is 67.2 Å². The summed E-state index contributed by atoms with van der Waals surface area (Å²) in [5.41, 5.74) is 2.20. The number of amides is 2. The Labute approximate surface area is 193 Å². The Morgan fingerprint density at radius 1 is 1.09 bits per heavy atom. The lowest BCUT2D eigenvalue weighted by Gasteiger charge is -2.32. The lowest BCUT2D eigenvalue weighted by Crippen LogP contribution is -2.40. The minimum atomic E-state index is -0.314. The summed E-state index contributed by atoms with van der Waals surface area (Å²) in [5, 5.41) is 7.14. The van der Waals surface area contributed by atoms with Gasteiger partial charge in [0.15, 0.2) is 0 Å². The van der Waals surface area contributed by atoms with Crippen LogP contribution in [0.25, 0.3) is 0 Å². The molecule has 0 aliphatic carbocycles. The molecule has 33 heavy (non-hydrogen) atoms. The van der Waals surface area contributed by atoms with Gasteiger partial charge in [0.1, 0.15) is 5.82 Å². The Bertz CT molecular complexity index is 1080. The second-order valence-corrected chi connectivity index (χ2v) is 8.58. The highest BCUT2D eigenvalue weighted by molar-refractivity contribution is 5.93. The van der Waals surface area contributed by atoms with Crippen LogP contribution in [-0.4, -0.2) is 39.6 Å². The van der Waals surface area contributed by atoms with Crippen LogP contribution in [-0.2, 0) is 17.9 Å². The molecule has 1 aromatic heterocycles. The average molecular weight is 449 g/mol. The zero-order valence-corrected chi connectivity index (χ0v) is 18.6. The van der Waals surface area contributed by atoms with Gasteiger partial charge < -0.3 is 10.2 Å². The minimum Gasteiger partial charge on any atom is -0.352 e. The maximum atomic E-state index is 13.7. The van der Waals surface area contributed by atoms with Crippen LogP contribution in [0.4, 0.5) is 4.39 Å². The van der Waals surface area contributed by atoms with Crippen LogP contribution in [0.3, 0.4) is 0 Å². The second kappa shape index (κ2) is 10.9. The molecule has 1 aliphatic rings. The first-order chi connectivity index (χ1) is 16.1. The highest BCUT2D eigenvalue weighted by atomic mass is 19.1. The molecule has 0 unspecified atom stereocenters. The van der Waals surface area contributed by atoms with Crippen LogP contribution in [0, 0.1) is 11.7 Å². The number of carbonyl (C=O) groups is 2. The van der Waals surface area contributed by atoms with Crippen molar-refractivity contribution in [3.63, 3.8) is 0 Å². The molecule has 1 fully saturated rings. The molecule has 0 saturated carbocycles. The molecule has 0 bridgehead atoms. The van der Waals surface area contributed by atoms with E-state index in [0.29, 0.717) is 37.1 Å². The van der Waals surface area contributed by atoms with Gasteiger partial charge in [-0.2, -0.15) is 5.10 Å². The molecule has 6 nitrogen and oxygen atoms in total. The molecule has 4 rings (SSSR count). The summed E-state index contributed by atoms with van der Waals surface area (Å²) in [4.78, 5) is 27.1. The van der Waals surface area contributed by atoms with Crippen LogP contribution in [0.5, 0.6) is 0 Å². The number of aromatic nitrogens is 2. The quantitative estimate of drug-likeness (QED) is 0.566. The highest BCUT2D eigenvalue weighted by Crippen LogP contribution is 2.22. The van der Waals surface area contributed by atoms with Gasteiger partial charge in [-0.3, -0.25) is 14.3 Å². The van der Waals surface area contributed by atoms with Crippen molar-refractivity contribution < 1.29 is 14.0 Å². The summed E-state index contributed by atoms with van der Waals surface area (Å²) in [5.74, 6) is -0.139. The second-order valence-electron chi connectivity index (χ2n) is 8.58. The van der Waals surface area contributed by atoms with Crippen molar-refractivity contribution >= 4 is 11.8 Å². The van der Waals surface area contributed by atoms with E-state index in [1.54, 1.807) is 35.3 Å². The first-order valence-electron chi connectivity index (χ1n) is 11.4. The summed E-state index contributed by atoms with van der Waals surface area (Å²) in [6.07, 6.45) is 6.43. The van der Waals surface area contributed by atoms with Crippen molar-refractivity contribution in [3.8, 4) is 0 Å². The number of carbonyl (C=O) groups excluding carboxylic acids is 2. The largest absolute Gasteiger partial charge is 0.352 e. The lowest BCUT2D eigenvalue weighted by molar-refractivity contribution is -0.121. The molecule has 0 radical (unpaired) electrons. The van der Waals surface area contributed by atoms with E-state index in [1.807, 2.05) is 35.2 Å². The van der Waals surface area contributed by atoms with Crippen LogP contribution in [0.1, 0.15) is 47.2 Å². The fourth-order valence-electron chi connectivity index (χ4n) is 4.26. The lowest BCUT2D eigenvalue weighted by atomic mass is 9.93. The van der Waals surface area contributed by atoms with Crippen LogP contribution >= 0.6 is 0 Å². The fourth-order valence-corrected chi connectivity index (χ4v) is 4.26. The number of likely N-dealkylation sites (tertiary alicyclic amines) is 1. The maximum Gasteiger partial charge on any atom is 0.257 e. The third kappa shape index (κ3) is 6.28. The van der Waals surface area contributed by atoms with E-state index in [0.717, 1.165) is 24.9 Å². The van der Waals surface area contributed by atoms with E-state index in [1.165, 1.54) is 6.07 Å². The van der Waals surface area contributed by atoms with E-state index in [-0.39, 0.29) is 30.1 Å². The number of rotatable bonds is 8. The molecule has 2 heterocycles. The van der Waals surface area contributed by atoms with Crippen LogP contribution in [0.2, 0.25) is 0 Å². The molecule has 7 heteroatoms. The zero-order valence-electron chi connectivity index (χ0n) is 18.6.